The van der Waals surface area contributed by atoms with Crippen molar-refractivity contribution in [2.24, 2.45) is 5.73 Å². The Morgan fingerprint density at radius 1 is 1.06 bits per heavy atom. The molecule has 2 aromatic rings. The third-order valence-corrected chi connectivity index (χ3v) is 4.37. The summed E-state index contributed by atoms with van der Waals surface area (Å²) in [4.78, 5) is 22.1. The number of hydrogen-bond acceptors (Lipinski definition) is 6. The standard InChI is InChI=1S/C18H17F2NO3.C5H11NO2/c19-12-3-7-16(20)15(9-12)17-8-6-14(10-23-17)24-18(22)11-1-4-13(21)5-2-11;1-5(2,3)8-4(6)7/h1-5,7,9,14,17H,6,8,10,21H2;1-3H3,(H2,6,7). The molecule has 174 valence electrons. The van der Waals surface area contributed by atoms with Gasteiger partial charge in [-0.25, -0.2) is 18.4 Å². The van der Waals surface area contributed by atoms with Gasteiger partial charge in [0.1, 0.15) is 23.3 Å². The summed E-state index contributed by atoms with van der Waals surface area (Å²) >= 11 is 0. The van der Waals surface area contributed by atoms with Gasteiger partial charge in [0.05, 0.1) is 18.3 Å². The molecule has 4 N–H and O–H groups in total. The molecule has 0 aromatic heterocycles. The molecule has 0 saturated carbocycles. The number of nitrogen functional groups attached to an aromatic ring is 1. The number of ether oxygens (including phenoxy) is 3. The quantitative estimate of drug-likeness (QED) is 0.526. The van der Waals surface area contributed by atoms with Gasteiger partial charge in [-0.2, -0.15) is 0 Å². The number of carbonyl (C=O) groups excluding carboxylic acids is 2. The zero-order valence-electron chi connectivity index (χ0n) is 18.3. The van der Waals surface area contributed by atoms with Crippen molar-refractivity contribution in [2.45, 2.75) is 51.4 Å². The Labute approximate surface area is 185 Å². The van der Waals surface area contributed by atoms with Crippen molar-refractivity contribution in [2.75, 3.05) is 12.3 Å². The first-order valence-electron chi connectivity index (χ1n) is 10.1. The fourth-order valence-corrected chi connectivity index (χ4v) is 2.97. The molecule has 0 spiro atoms. The van der Waals surface area contributed by atoms with Gasteiger partial charge in [-0.1, -0.05) is 0 Å². The van der Waals surface area contributed by atoms with Crippen LogP contribution in [0.1, 0.15) is 55.6 Å². The van der Waals surface area contributed by atoms with Gasteiger partial charge >= 0.3 is 12.1 Å². The topological polar surface area (TPSA) is 114 Å². The Kier molecular flexibility index (Phi) is 8.54. The lowest BCUT2D eigenvalue weighted by Gasteiger charge is -2.29. The largest absolute Gasteiger partial charge is 0.456 e. The number of primary amides is 1. The fourth-order valence-electron chi connectivity index (χ4n) is 2.97. The molecule has 3 rings (SSSR count). The number of nitrogens with two attached hydrogens (primary N) is 2. The van der Waals surface area contributed by atoms with Crippen molar-refractivity contribution < 1.29 is 32.6 Å². The van der Waals surface area contributed by atoms with Gasteiger partial charge in [-0.05, 0) is 76.1 Å². The maximum absolute atomic E-state index is 13.8. The SMILES string of the molecule is CC(C)(C)OC(N)=O.Nc1ccc(C(=O)OC2CCC(c3cc(F)ccc3F)OC2)cc1. The van der Waals surface area contributed by atoms with Gasteiger partial charge in [0, 0.05) is 11.3 Å². The maximum atomic E-state index is 13.8. The molecule has 1 fully saturated rings. The van der Waals surface area contributed by atoms with E-state index in [0.717, 1.165) is 18.2 Å². The van der Waals surface area contributed by atoms with Crippen LogP contribution in [-0.4, -0.2) is 30.4 Å². The summed E-state index contributed by atoms with van der Waals surface area (Å²) in [7, 11) is 0. The molecule has 32 heavy (non-hydrogen) atoms. The Morgan fingerprint density at radius 2 is 1.72 bits per heavy atom. The number of hydrogen-bond donors (Lipinski definition) is 2. The number of carbonyl (C=O) groups is 2. The zero-order chi connectivity index (χ0) is 23.9. The number of anilines is 1. The summed E-state index contributed by atoms with van der Waals surface area (Å²) < 4.78 is 42.6. The molecule has 1 aliphatic heterocycles. The van der Waals surface area contributed by atoms with Gasteiger partial charge in [0.2, 0.25) is 0 Å². The first kappa shape index (κ1) is 25.1. The third-order valence-electron chi connectivity index (χ3n) is 4.37. The normalized spacial score (nSPS) is 18.2. The van der Waals surface area contributed by atoms with Crippen LogP contribution in [0.5, 0.6) is 0 Å². The predicted octanol–water partition coefficient (Wildman–Crippen LogP) is 4.50. The highest BCUT2D eigenvalue weighted by Crippen LogP contribution is 2.31. The van der Waals surface area contributed by atoms with Gasteiger partial charge < -0.3 is 25.7 Å². The maximum Gasteiger partial charge on any atom is 0.405 e. The van der Waals surface area contributed by atoms with Crippen LogP contribution in [0.4, 0.5) is 19.3 Å². The molecule has 2 unspecified atom stereocenters. The van der Waals surface area contributed by atoms with E-state index in [1.165, 1.54) is 0 Å². The lowest BCUT2D eigenvalue weighted by Crippen LogP contribution is -2.30. The molecule has 7 nitrogen and oxygen atoms in total. The molecule has 1 heterocycles. The number of amides is 1. The molecule has 1 aliphatic rings. The summed E-state index contributed by atoms with van der Waals surface area (Å²) in [6, 6.07) is 9.72. The Morgan fingerprint density at radius 3 is 2.22 bits per heavy atom. The Hall–Kier alpha value is -3.20. The van der Waals surface area contributed by atoms with Crippen LogP contribution in [0.25, 0.3) is 0 Å². The average molecular weight is 450 g/mol. The minimum absolute atomic E-state index is 0.140. The smallest absolute Gasteiger partial charge is 0.405 e. The highest BCUT2D eigenvalue weighted by Gasteiger charge is 2.27. The summed E-state index contributed by atoms with van der Waals surface area (Å²) in [6.07, 6.45) is -0.714. The second-order valence-electron chi connectivity index (χ2n) is 8.25. The number of halogens is 2. The molecule has 1 amide bonds. The average Bonchev–Trinajstić information content (AvgIpc) is 2.69. The highest BCUT2D eigenvalue weighted by atomic mass is 19.1. The third kappa shape index (κ3) is 8.14. The summed E-state index contributed by atoms with van der Waals surface area (Å²) in [5.41, 5.74) is 11.0. The molecule has 9 heteroatoms. The Balaban J connectivity index is 0.000000390. The predicted molar refractivity (Wildman–Crippen MR) is 115 cm³/mol. The van der Waals surface area contributed by atoms with E-state index < -0.39 is 41.5 Å². The second kappa shape index (κ2) is 10.9. The van der Waals surface area contributed by atoms with Crippen LogP contribution in [0, 0.1) is 11.6 Å². The van der Waals surface area contributed by atoms with Crippen LogP contribution in [0.3, 0.4) is 0 Å². The Bertz CT molecular complexity index is 921. The van der Waals surface area contributed by atoms with E-state index in [1.54, 1.807) is 45.0 Å². The van der Waals surface area contributed by atoms with Crippen LogP contribution >= 0.6 is 0 Å². The van der Waals surface area contributed by atoms with Gasteiger partial charge in [-0.3, -0.25) is 0 Å². The van der Waals surface area contributed by atoms with E-state index in [0.29, 0.717) is 24.1 Å². The van der Waals surface area contributed by atoms with E-state index in [-0.39, 0.29) is 12.2 Å². The molecule has 0 aliphatic carbocycles. The molecule has 0 radical (unpaired) electrons. The first-order chi connectivity index (χ1) is 14.9. The fraction of sp³-hybridized carbons (Fsp3) is 0.391. The van der Waals surface area contributed by atoms with Crippen molar-refractivity contribution in [3.05, 3.63) is 65.2 Å². The summed E-state index contributed by atoms with van der Waals surface area (Å²) in [5, 5.41) is 0. The van der Waals surface area contributed by atoms with Crippen LogP contribution < -0.4 is 11.5 Å². The zero-order valence-corrected chi connectivity index (χ0v) is 18.3. The second-order valence-corrected chi connectivity index (χ2v) is 8.25. The molecule has 2 aromatic carbocycles. The molecule has 1 saturated heterocycles. The van der Waals surface area contributed by atoms with Gasteiger partial charge in [0.25, 0.3) is 0 Å². The highest BCUT2D eigenvalue weighted by molar-refractivity contribution is 5.89. The van der Waals surface area contributed by atoms with E-state index >= 15 is 0 Å². The van der Waals surface area contributed by atoms with Crippen molar-refractivity contribution in [1.82, 2.24) is 0 Å². The molecule has 2 atom stereocenters. The molecular formula is C23H28F2N2O5. The van der Waals surface area contributed by atoms with Crippen LogP contribution in [0.2, 0.25) is 0 Å². The van der Waals surface area contributed by atoms with Crippen LogP contribution in [0.15, 0.2) is 42.5 Å². The van der Waals surface area contributed by atoms with Gasteiger partial charge in [-0.15, -0.1) is 0 Å². The summed E-state index contributed by atoms with van der Waals surface area (Å²) in [6.45, 7) is 5.43. The number of benzene rings is 2. The lowest BCUT2D eigenvalue weighted by molar-refractivity contribution is -0.0689. The molecule has 0 bridgehead atoms. The lowest BCUT2D eigenvalue weighted by atomic mass is 9.99. The van der Waals surface area contributed by atoms with Crippen molar-refractivity contribution in [3.8, 4) is 0 Å². The number of rotatable bonds is 3. The number of esters is 1. The summed E-state index contributed by atoms with van der Waals surface area (Å²) in [5.74, 6) is -1.47. The van der Waals surface area contributed by atoms with E-state index in [9.17, 15) is 18.4 Å². The minimum atomic E-state index is -0.725. The van der Waals surface area contributed by atoms with E-state index in [1.807, 2.05) is 0 Å². The van der Waals surface area contributed by atoms with Crippen molar-refractivity contribution >= 4 is 17.7 Å². The molecular weight excluding hydrogens is 422 g/mol. The first-order valence-corrected chi connectivity index (χ1v) is 10.1. The monoisotopic (exact) mass is 450 g/mol. The minimum Gasteiger partial charge on any atom is -0.456 e. The van der Waals surface area contributed by atoms with E-state index in [2.05, 4.69) is 4.74 Å². The van der Waals surface area contributed by atoms with Crippen molar-refractivity contribution in [1.29, 1.82) is 0 Å². The van der Waals surface area contributed by atoms with E-state index in [4.69, 9.17) is 20.9 Å². The van der Waals surface area contributed by atoms with Crippen LogP contribution in [-0.2, 0) is 14.2 Å². The van der Waals surface area contributed by atoms with Gasteiger partial charge in [0.15, 0.2) is 0 Å². The van der Waals surface area contributed by atoms with Crippen molar-refractivity contribution in [3.63, 3.8) is 0 Å².